The van der Waals surface area contributed by atoms with Crippen LogP contribution in [0.1, 0.15) is 44.4 Å². The molecule has 30 heavy (non-hydrogen) atoms. The molecule has 5 heteroatoms. The van der Waals surface area contributed by atoms with Crippen LogP contribution in [0.5, 0.6) is 5.75 Å². The molecule has 0 fully saturated rings. The highest BCUT2D eigenvalue weighted by Gasteiger charge is 2.25. The summed E-state index contributed by atoms with van der Waals surface area (Å²) in [6, 6.07) is 19.9. The maximum absolute atomic E-state index is 13.1. The third kappa shape index (κ3) is 3.25. The van der Waals surface area contributed by atoms with Gasteiger partial charge in [-0.3, -0.25) is 4.79 Å². The number of methoxy groups -OCH3 is 1. The number of hydrogen-bond donors (Lipinski definition) is 1. The van der Waals surface area contributed by atoms with Gasteiger partial charge in [0, 0.05) is 16.6 Å². The first-order valence-electron chi connectivity index (χ1n) is 10.1. The SMILES string of the molecule is COc1ccc(C(=O)c2sc3nc4c(cc3c2N)CC(c2ccccc2)CC4)cc1. The topological polar surface area (TPSA) is 65.2 Å². The van der Waals surface area contributed by atoms with Gasteiger partial charge >= 0.3 is 0 Å². The van der Waals surface area contributed by atoms with Crippen molar-refractivity contribution < 1.29 is 9.53 Å². The molecular formula is C25H22N2O2S. The average Bonchev–Trinajstić information content (AvgIpc) is 3.12. The zero-order valence-corrected chi connectivity index (χ0v) is 17.5. The first-order chi connectivity index (χ1) is 14.6. The van der Waals surface area contributed by atoms with Crippen molar-refractivity contribution >= 4 is 33.0 Å². The number of aromatic nitrogens is 1. The van der Waals surface area contributed by atoms with Crippen molar-refractivity contribution in [3.05, 3.63) is 87.9 Å². The van der Waals surface area contributed by atoms with E-state index in [9.17, 15) is 4.79 Å². The van der Waals surface area contributed by atoms with Crippen LogP contribution in [0.4, 0.5) is 5.69 Å². The van der Waals surface area contributed by atoms with Crippen molar-refractivity contribution in [1.82, 2.24) is 4.98 Å². The van der Waals surface area contributed by atoms with E-state index in [0.29, 0.717) is 22.0 Å². The summed E-state index contributed by atoms with van der Waals surface area (Å²) >= 11 is 1.39. The van der Waals surface area contributed by atoms with E-state index in [-0.39, 0.29) is 5.78 Å². The third-order valence-electron chi connectivity index (χ3n) is 5.92. The lowest BCUT2D eigenvalue weighted by molar-refractivity contribution is 0.104. The van der Waals surface area contributed by atoms with Crippen LogP contribution in [-0.4, -0.2) is 17.9 Å². The number of nitrogens with two attached hydrogens (primary N) is 1. The van der Waals surface area contributed by atoms with Crippen molar-refractivity contribution in [2.75, 3.05) is 12.8 Å². The highest BCUT2D eigenvalue weighted by molar-refractivity contribution is 7.21. The van der Waals surface area contributed by atoms with E-state index in [0.717, 1.165) is 40.9 Å². The Hall–Kier alpha value is -3.18. The molecule has 4 aromatic rings. The predicted octanol–water partition coefficient (Wildman–Crippen LogP) is 5.39. The fourth-order valence-corrected chi connectivity index (χ4v) is 5.30. The largest absolute Gasteiger partial charge is 0.497 e. The second-order valence-electron chi connectivity index (χ2n) is 7.70. The van der Waals surface area contributed by atoms with Gasteiger partial charge in [0.25, 0.3) is 0 Å². The molecule has 2 N–H and O–H groups in total. The number of anilines is 1. The summed E-state index contributed by atoms with van der Waals surface area (Å²) in [4.78, 5) is 19.4. The number of nitrogens with zero attached hydrogens (tertiary/aromatic N) is 1. The van der Waals surface area contributed by atoms with Gasteiger partial charge in [0.15, 0.2) is 0 Å². The number of benzene rings is 2. The summed E-state index contributed by atoms with van der Waals surface area (Å²) in [5, 5.41) is 0.893. The number of carbonyl (C=O) groups is 1. The number of ether oxygens (including phenoxy) is 1. The van der Waals surface area contributed by atoms with Crippen LogP contribution in [0.15, 0.2) is 60.7 Å². The lowest BCUT2D eigenvalue weighted by atomic mass is 9.82. The van der Waals surface area contributed by atoms with Crippen molar-refractivity contribution in [2.24, 2.45) is 0 Å². The Bertz CT molecular complexity index is 1230. The molecule has 4 nitrogen and oxygen atoms in total. The Morgan fingerprint density at radius 2 is 1.90 bits per heavy atom. The fourth-order valence-electron chi connectivity index (χ4n) is 4.24. The smallest absolute Gasteiger partial charge is 0.205 e. The van der Waals surface area contributed by atoms with Gasteiger partial charge in [-0.25, -0.2) is 4.98 Å². The Morgan fingerprint density at radius 1 is 1.13 bits per heavy atom. The molecule has 0 amide bonds. The molecule has 0 aliphatic heterocycles. The molecule has 0 saturated carbocycles. The van der Waals surface area contributed by atoms with E-state index < -0.39 is 0 Å². The standard InChI is InChI=1S/C25H22N2O2S/c1-29-19-10-7-16(8-11-19)23(28)24-22(26)20-14-18-13-17(15-5-3-2-4-6-15)9-12-21(18)27-25(20)30-24/h2-8,10-11,14,17H,9,12-13,26H2,1H3. The van der Waals surface area contributed by atoms with Gasteiger partial charge in [-0.15, -0.1) is 11.3 Å². The second-order valence-corrected chi connectivity index (χ2v) is 8.70. The van der Waals surface area contributed by atoms with Crippen molar-refractivity contribution in [3.63, 3.8) is 0 Å². The minimum absolute atomic E-state index is 0.0710. The zero-order valence-electron chi connectivity index (χ0n) is 16.7. The van der Waals surface area contributed by atoms with Crippen LogP contribution >= 0.6 is 11.3 Å². The van der Waals surface area contributed by atoms with Crippen LogP contribution in [0, 0.1) is 0 Å². The number of rotatable bonds is 4. The molecule has 150 valence electrons. The minimum atomic E-state index is -0.0710. The Morgan fingerprint density at radius 3 is 2.63 bits per heavy atom. The van der Waals surface area contributed by atoms with Gasteiger partial charge < -0.3 is 10.5 Å². The Kier molecular flexibility index (Phi) is 4.75. The summed E-state index contributed by atoms with van der Waals surface area (Å²) in [6.07, 6.45) is 3.00. The maximum Gasteiger partial charge on any atom is 0.205 e. The summed E-state index contributed by atoms with van der Waals surface area (Å²) in [6.45, 7) is 0. The Balaban J connectivity index is 1.50. The van der Waals surface area contributed by atoms with Crippen molar-refractivity contribution in [3.8, 4) is 5.75 Å². The lowest BCUT2D eigenvalue weighted by Crippen LogP contribution is -2.14. The first-order valence-corrected chi connectivity index (χ1v) is 10.9. The molecule has 5 rings (SSSR count). The molecule has 0 bridgehead atoms. The normalized spacial score (nSPS) is 15.7. The zero-order chi connectivity index (χ0) is 20.7. The predicted molar refractivity (Wildman–Crippen MR) is 122 cm³/mol. The van der Waals surface area contributed by atoms with E-state index in [1.54, 1.807) is 31.4 Å². The van der Waals surface area contributed by atoms with E-state index in [2.05, 4.69) is 36.4 Å². The molecule has 0 radical (unpaired) electrons. The molecular weight excluding hydrogens is 392 g/mol. The summed E-state index contributed by atoms with van der Waals surface area (Å²) in [5.41, 5.74) is 11.3. The van der Waals surface area contributed by atoms with Crippen LogP contribution in [0.2, 0.25) is 0 Å². The van der Waals surface area contributed by atoms with Crippen molar-refractivity contribution in [2.45, 2.75) is 25.2 Å². The molecule has 1 atom stereocenters. The number of carbonyl (C=O) groups excluding carboxylic acids is 1. The van der Waals surface area contributed by atoms with Gasteiger partial charge in [0.05, 0.1) is 12.8 Å². The van der Waals surface area contributed by atoms with E-state index in [1.165, 1.54) is 22.5 Å². The Labute approximate surface area is 179 Å². The molecule has 2 heterocycles. The van der Waals surface area contributed by atoms with Gasteiger partial charge in [-0.2, -0.15) is 0 Å². The fraction of sp³-hybridized carbons (Fsp3) is 0.200. The quantitative estimate of drug-likeness (QED) is 0.455. The number of hydrogen-bond acceptors (Lipinski definition) is 5. The van der Waals surface area contributed by atoms with Gasteiger partial charge in [0.1, 0.15) is 15.5 Å². The number of aryl methyl sites for hydroxylation is 1. The van der Waals surface area contributed by atoms with Gasteiger partial charge in [-0.05, 0) is 66.6 Å². The minimum Gasteiger partial charge on any atom is -0.497 e. The molecule has 2 aromatic carbocycles. The highest BCUT2D eigenvalue weighted by Crippen LogP contribution is 2.39. The summed E-state index contributed by atoms with van der Waals surface area (Å²) in [7, 11) is 1.61. The maximum atomic E-state index is 13.1. The van der Waals surface area contributed by atoms with Crippen LogP contribution < -0.4 is 10.5 Å². The summed E-state index contributed by atoms with van der Waals surface area (Å²) < 4.78 is 5.18. The second kappa shape index (κ2) is 7.58. The van der Waals surface area contributed by atoms with Gasteiger partial charge in [0.2, 0.25) is 5.78 Å². The molecule has 0 saturated heterocycles. The molecule has 1 aliphatic carbocycles. The third-order valence-corrected chi connectivity index (χ3v) is 7.03. The number of fused-ring (bicyclic) bond motifs is 2. The number of ketones is 1. The molecule has 1 unspecified atom stereocenters. The monoisotopic (exact) mass is 414 g/mol. The number of thiophene rings is 1. The van der Waals surface area contributed by atoms with Crippen molar-refractivity contribution in [1.29, 1.82) is 0 Å². The average molecular weight is 415 g/mol. The first kappa shape index (κ1) is 18.8. The van der Waals surface area contributed by atoms with Crippen LogP contribution in [0.3, 0.4) is 0 Å². The summed E-state index contributed by atoms with van der Waals surface area (Å²) in [5.74, 6) is 1.15. The number of nitrogen functional groups attached to an aromatic ring is 1. The van der Waals surface area contributed by atoms with Crippen LogP contribution in [0.25, 0.3) is 10.2 Å². The van der Waals surface area contributed by atoms with Gasteiger partial charge in [-0.1, -0.05) is 30.3 Å². The molecule has 0 spiro atoms. The number of pyridine rings is 1. The molecule has 2 aromatic heterocycles. The lowest BCUT2D eigenvalue weighted by Gasteiger charge is -2.24. The highest BCUT2D eigenvalue weighted by atomic mass is 32.1. The van der Waals surface area contributed by atoms with E-state index in [4.69, 9.17) is 15.5 Å². The van der Waals surface area contributed by atoms with E-state index in [1.807, 2.05) is 0 Å². The van der Waals surface area contributed by atoms with E-state index >= 15 is 0 Å². The molecule has 1 aliphatic rings. The van der Waals surface area contributed by atoms with Crippen LogP contribution in [-0.2, 0) is 12.8 Å².